The zero-order valence-corrected chi connectivity index (χ0v) is 12.5. The topological polar surface area (TPSA) is 118 Å². The zero-order valence-electron chi connectivity index (χ0n) is 10.9. The van der Waals surface area contributed by atoms with Crippen LogP contribution in [0.25, 0.3) is 0 Å². The van der Waals surface area contributed by atoms with Gasteiger partial charge in [-0.1, -0.05) is 0 Å². The van der Waals surface area contributed by atoms with Gasteiger partial charge in [0.2, 0.25) is 16.0 Å². The van der Waals surface area contributed by atoms with Gasteiger partial charge >= 0.3 is 0 Å². The Labute approximate surface area is 118 Å². The summed E-state index contributed by atoms with van der Waals surface area (Å²) in [5.41, 5.74) is 0. The van der Waals surface area contributed by atoms with Crippen LogP contribution in [0.1, 0.15) is 12.8 Å². The van der Waals surface area contributed by atoms with Crippen molar-refractivity contribution in [1.82, 2.24) is 14.7 Å². The van der Waals surface area contributed by atoms with Crippen molar-refractivity contribution in [2.75, 3.05) is 23.9 Å². The standard InChI is InChI=1S/C10H16N4O4S2/c1-11-10-12-6-9(7-13-10)20(17,18)14-8-2-4-19(15,16)5-3-8/h6-8,14H,2-5H2,1H3,(H,11,12,13). The number of hydrogen-bond donors (Lipinski definition) is 2. The van der Waals surface area contributed by atoms with Crippen LogP contribution >= 0.6 is 0 Å². The summed E-state index contributed by atoms with van der Waals surface area (Å²) >= 11 is 0. The van der Waals surface area contributed by atoms with Gasteiger partial charge in [0.15, 0.2) is 0 Å². The van der Waals surface area contributed by atoms with Gasteiger partial charge in [0.25, 0.3) is 0 Å². The molecule has 8 nitrogen and oxygen atoms in total. The van der Waals surface area contributed by atoms with Crippen molar-refractivity contribution in [3.8, 4) is 0 Å². The molecule has 1 aliphatic rings. The number of anilines is 1. The van der Waals surface area contributed by atoms with E-state index in [0.717, 1.165) is 0 Å². The molecule has 1 aromatic rings. The van der Waals surface area contributed by atoms with Crippen LogP contribution < -0.4 is 10.0 Å². The lowest BCUT2D eigenvalue weighted by Gasteiger charge is -2.22. The molecular formula is C10H16N4O4S2. The zero-order chi connectivity index (χ0) is 14.8. The van der Waals surface area contributed by atoms with Crippen LogP contribution in [-0.4, -0.2) is 51.4 Å². The van der Waals surface area contributed by atoms with Crippen molar-refractivity contribution < 1.29 is 16.8 Å². The maximum Gasteiger partial charge on any atom is 0.243 e. The van der Waals surface area contributed by atoms with Gasteiger partial charge in [-0.3, -0.25) is 0 Å². The molecule has 1 aromatic heterocycles. The van der Waals surface area contributed by atoms with Gasteiger partial charge in [-0.05, 0) is 12.8 Å². The molecule has 0 unspecified atom stereocenters. The minimum Gasteiger partial charge on any atom is -0.357 e. The van der Waals surface area contributed by atoms with Gasteiger partial charge in [0.05, 0.1) is 23.9 Å². The van der Waals surface area contributed by atoms with Crippen LogP contribution in [0.5, 0.6) is 0 Å². The predicted molar refractivity (Wildman–Crippen MR) is 73.6 cm³/mol. The van der Waals surface area contributed by atoms with Gasteiger partial charge in [0, 0.05) is 13.1 Å². The van der Waals surface area contributed by atoms with Crippen molar-refractivity contribution >= 4 is 25.8 Å². The number of rotatable bonds is 4. The molecule has 0 aromatic carbocycles. The second kappa shape index (κ2) is 5.62. The Balaban J connectivity index is 2.07. The van der Waals surface area contributed by atoms with Crippen molar-refractivity contribution in [1.29, 1.82) is 0 Å². The SMILES string of the molecule is CNc1ncc(S(=O)(=O)NC2CCS(=O)(=O)CC2)cn1. The van der Waals surface area contributed by atoms with Gasteiger partial charge in [-0.25, -0.2) is 31.5 Å². The molecule has 0 aliphatic carbocycles. The van der Waals surface area contributed by atoms with Crippen LogP contribution in [0.3, 0.4) is 0 Å². The third kappa shape index (κ3) is 3.64. The summed E-state index contributed by atoms with van der Waals surface area (Å²) in [6.45, 7) is 0. The quantitative estimate of drug-likeness (QED) is 0.758. The monoisotopic (exact) mass is 320 g/mol. The molecule has 112 valence electrons. The fourth-order valence-corrected chi connectivity index (χ4v) is 4.56. The third-order valence-electron chi connectivity index (χ3n) is 3.04. The number of sulfone groups is 1. The van der Waals surface area contributed by atoms with E-state index in [-0.39, 0.29) is 35.3 Å². The summed E-state index contributed by atoms with van der Waals surface area (Å²) < 4.78 is 49.3. The van der Waals surface area contributed by atoms with Crippen LogP contribution in [0, 0.1) is 0 Å². The number of sulfonamides is 1. The van der Waals surface area contributed by atoms with E-state index in [4.69, 9.17) is 0 Å². The average molecular weight is 320 g/mol. The molecule has 1 fully saturated rings. The molecule has 10 heteroatoms. The molecule has 2 heterocycles. The highest BCUT2D eigenvalue weighted by Gasteiger charge is 2.27. The predicted octanol–water partition coefficient (Wildman–Crippen LogP) is -0.626. The molecule has 20 heavy (non-hydrogen) atoms. The molecule has 0 bridgehead atoms. The lowest BCUT2D eigenvalue weighted by Crippen LogP contribution is -2.40. The Hall–Kier alpha value is -1.26. The first kappa shape index (κ1) is 15.1. The minimum atomic E-state index is -3.72. The number of aromatic nitrogens is 2. The van der Waals surface area contributed by atoms with Crippen molar-refractivity contribution in [3.63, 3.8) is 0 Å². The molecular weight excluding hydrogens is 304 g/mol. The number of nitrogens with zero attached hydrogens (tertiary/aromatic N) is 2. The van der Waals surface area contributed by atoms with Gasteiger partial charge in [-0.15, -0.1) is 0 Å². The second-order valence-corrected chi connectivity index (χ2v) is 8.56. The largest absolute Gasteiger partial charge is 0.357 e. The highest BCUT2D eigenvalue weighted by Crippen LogP contribution is 2.15. The molecule has 1 aliphatic heterocycles. The lowest BCUT2D eigenvalue weighted by molar-refractivity contribution is 0.505. The van der Waals surface area contributed by atoms with Crippen LogP contribution in [0.2, 0.25) is 0 Å². The highest BCUT2D eigenvalue weighted by molar-refractivity contribution is 7.91. The minimum absolute atomic E-state index is 0.00930. The summed E-state index contributed by atoms with van der Waals surface area (Å²) in [5, 5.41) is 2.69. The van der Waals surface area contributed by atoms with Gasteiger partial charge in [0.1, 0.15) is 14.7 Å². The molecule has 2 N–H and O–H groups in total. The van der Waals surface area contributed by atoms with Crippen LogP contribution in [0.15, 0.2) is 17.3 Å². The van der Waals surface area contributed by atoms with E-state index < -0.39 is 19.9 Å². The molecule has 0 spiro atoms. The average Bonchev–Trinajstić information content (AvgIpc) is 2.41. The van der Waals surface area contributed by atoms with Crippen molar-refractivity contribution in [2.24, 2.45) is 0 Å². The number of nitrogens with one attached hydrogen (secondary N) is 2. The maximum atomic E-state index is 12.1. The maximum absolute atomic E-state index is 12.1. The second-order valence-electron chi connectivity index (χ2n) is 4.54. The Kier molecular flexibility index (Phi) is 4.25. The third-order valence-corrected chi connectivity index (χ3v) is 6.23. The van der Waals surface area contributed by atoms with Crippen molar-refractivity contribution in [3.05, 3.63) is 12.4 Å². The summed E-state index contributed by atoms with van der Waals surface area (Å²) in [6.07, 6.45) is 3.00. The first-order chi connectivity index (χ1) is 9.32. The molecule has 2 rings (SSSR count). The summed E-state index contributed by atoms with van der Waals surface area (Å²) in [5.74, 6) is 0.345. The Morgan fingerprint density at radius 2 is 1.75 bits per heavy atom. The normalized spacial score (nSPS) is 19.6. The van der Waals surface area contributed by atoms with Crippen LogP contribution in [0.4, 0.5) is 5.95 Å². The fourth-order valence-electron chi connectivity index (χ4n) is 1.88. The molecule has 0 saturated carbocycles. The van der Waals surface area contributed by atoms with E-state index in [0.29, 0.717) is 5.95 Å². The summed E-state index contributed by atoms with van der Waals surface area (Å²) in [6, 6.07) is -0.368. The Bertz CT molecular complexity index is 656. The van der Waals surface area contributed by atoms with E-state index in [1.54, 1.807) is 7.05 Å². The Morgan fingerprint density at radius 1 is 1.20 bits per heavy atom. The van der Waals surface area contributed by atoms with Gasteiger partial charge in [-0.2, -0.15) is 0 Å². The fraction of sp³-hybridized carbons (Fsp3) is 0.600. The summed E-state index contributed by atoms with van der Waals surface area (Å²) in [4.78, 5) is 7.65. The molecule has 0 atom stereocenters. The first-order valence-electron chi connectivity index (χ1n) is 6.05. The molecule has 1 saturated heterocycles. The Morgan fingerprint density at radius 3 is 2.25 bits per heavy atom. The van der Waals surface area contributed by atoms with Crippen molar-refractivity contribution in [2.45, 2.75) is 23.8 Å². The van der Waals surface area contributed by atoms with E-state index >= 15 is 0 Å². The van der Waals surface area contributed by atoms with E-state index in [1.807, 2.05) is 0 Å². The van der Waals surface area contributed by atoms with E-state index in [2.05, 4.69) is 20.0 Å². The number of hydrogen-bond acceptors (Lipinski definition) is 7. The highest BCUT2D eigenvalue weighted by atomic mass is 32.2. The molecule has 0 amide bonds. The molecule has 0 radical (unpaired) electrons. The summed E-state index contributed by atoms with van der Waals surface area (Å²) in [7, 11) is -5.10. The smallest absolute Gasteiger partial charge is 0.243 e. The lowest BCUT2D eigenvalue weighted by atomic mass is 10.2. The van der Waals surface area contributed by atoms with E-state index in [9.17, 15) is 16.8 Å². The van der Waals surface area contributed by atoms with Gasteiger partial charge < -0.3 is 5.32 Å². The van der Waals surface area contributed by atoms with Crippen LogP contribution in [-0.2, 0) is 19.9 Å². The van der Waals surface area contributed by atoms with E-state index in [1.165, 1.54) is 12.4 Å². The first-order valence-corrected chi connectivity index (χ1v) is 9.35.